The molecule has 6 rings (SSSR count). The van der Waals surface area contributed by atoms with Crippen LogP contribution in [0.3, 0.4) is 0 Å². The summed E-state index contributed by atoms with van der Waals surface area (Å²) in [6.07, 6.45) is 2.23. The maximum Gasteiger partial charge on any atom is 0.414 e. The SMILES string of the molecule is O=C(O)C(=O)O.c1ccc(CCNCC2COc3ccccc3O2)cc1.c1ccc(CCNCC2COc3ccccc3O2)cc1. The molecule has 0 amide bonds. The van der Waals surface area contributed by atoms with Crippen LogP contribution in [-0.4, -0.2) is 73.8 Å². The molecule has 4 N–H and O–H groups in total. The standard InChI is InChI=1S/2C17H19NO2.C2H2O4/c2*1-2-6-14(7-3-1)10-11-18-12-15-13-19-16-8-4-5-9-17(16)20-15;3-1(4)2(5)6/h2*1-9,15,18H,10-13H2;(H,3,4)(H,5,6). The molecule has 0 saturated carbocycles. The number of hydrogen-bond donors (Lipinski definition) is 4. The van der Waals surface area contributed by atoms with Gasteiger partial charge in [-0.15, -0.1) is 0 Å². The Hall–Kier alpha value is -5.06. The third kappa shape index (κ3) is 11.8. The Bertz CT molecular complexity index is 1370. The molecule has 0 radical (unpaired) electrons. The van der Waals surface area contributed by atoms with Crippen molar-refractivity contribution in [1.29, 1.82) is 0 Å². The Morgan fingerprint density at radius 3 is 1.26 bits per heavy atom. The van der Waals surface area contributed by atoms with Crippen LogP contribution >= 0.6 is 0 Å². The zero-order valence-corrected chi connectivity index (χ0v) is 25.5. The Morgan fingerprint density at radius 2 is 0.891 bits per heavy atom. The van der Waals surface area contributed by atoms with Crippen LogP contribution in [0.15, 0.2) is 109 Å². The van der Waals surface area contributed by atoms with Crippen molar-refractivity contribution in [2.45, 2.75) is 25.0 Å². The fourth-order valence-corrected chi connectivity index (χ4v) is 4.61. The molecule has 0 bridgehead atoms. The van der Waals surface area contributed by atoms with Gasteiger partial charge in [0.15, 0.2) is 23.0 Å². The van der Waals surface area contributed by atoms with Crippen LogP contribution in [0.2, 0.25) is 0 Å². The predicted molar refractivity (Wildman–Crippen MR) is 174 cm³/mol. The van der Waals surface area contributed by atoms with Gasteiger partial charge in [-0.25, -0.2) is 9.59 Å². The highest BCUT2D eigenvalue weighted by molar-refractivity contribution is 6.27. The highest BCUT2D eigenvalue weighted by atomic mass is 16.6. The number of carboxylic acid groups (broad SMARTS) is 2. The van der Waals surface area contributed by atoms with Crippen LogP contribution in [0.1, 0.15) is 11.1 Å². The van der Waals surface area contributed by atoms with E-state index in [9.17, 15) is 0 Å². The number of aliphatic carboxylic acids is 2. The number of hydrogen-bond acceptors (Lipinski definition) is 8. The molecule has 2 aliphatic rings. The van der Waals surface area contributed by atoms with Gasteiger partial charge in [0.1, 0.15) is 25.4 Å². The monoisotopic (exact) mass is 628 g/mol. The highest BCUT2D eigenvalue weighted by Crippen LogP contribution is 2.31. The first kappa shape index (κ1) is 33.8. The maximum absolute atomic E-state index is 9.10. The number of carbonyl (C=O) groups is 2. The van der Waals surface area contributed by atoms with Crippen molar-refractivity contribution in [3.8, 4) is 23.0 Å². The van der Waals surface area contributed by atoms with Crippen LogP contribution in [0.25, 0.3) is 0 Å². The number of carboxylic acids is 2. The summed E-state index contributed by atoms with van der Waals surface area (Å²) in [6, 6.07) is 36.6. The van der Waals surface area contributed by atoms with Gasteiger partial charge >= 0.3 is 11.9 Å². The molecule has 0 spiro atoms. The molecule has 2 unspecified atom stereocenters. The van der Waals surface area contributed by atoms with Gasteiger partial charge in [-0.2, -0.15) is 0 Å². The van der Waals surface area contributed by atoms with Gasteiger partial charge in [0.25, 0.3) is 0 Å². The molecule has 2 aliphatic heterocycles. The molecule has 242 valence electrons. The van der Waals surface area contributed by atoms with Gasteiger partial charge in [0, 0.05) is 13.1 Å². The van der Waals surface area contributed by atoms with Crippen molar-refractivity contribution in [3.63, 3.8) is 0 Å². The van der Waals surface area contributed by atoms with Crippen LogP contribution in [0, 0.1) is 0 Å². The molecule has 4 aromatic carbocycles. The van der Waals surface area contributed by atoms with E-state index < -0.39 is 11.9 Å². The number of para-hydroxylation sites is 4. The van der Waals surface area contributed by atoms with E-state index in [-0.39, 0.29) is 12.2 Å². The van der Waals surface area contributed by atoms with Crippen molar-refractivity contribution in [1.82, 2.24) is 10.6 Å². The van der Waals surface area contributed by atoms with E-state index in [1.807, 2.05) is 60.7 Å². The van der Waals surface area contributed by atoms with Crippen molar-refractivity contribution in [3.05, 3.63) is 120 Å². The molecular formula is C36H40N2O8. The zero-order valence-electron chi connectivity index (χ0n) is 25.5. The second-order valence-electron chi connectivity index (χ2n) is 10.5. The molecular weight excluding hydrogens is 588 g/mol. The molecule has 46 heavy (non-hydrogen) atoms. The Kier molecular flexibility index (Phi) is 13.7. The summed E-state index contributed by atoms with van der Waals surface area (Å²) in [5.41, 5.74) is 2.71. The molecule has 4 aromatic rings. The first-order valence-corrected chi connectivity index (χ1v) is 15.2. The third-order valence-corrected chi connectivity index (χ3v) is 6.93. The average Bonchev–Trinajstić information content (AvgIpc) is 3.10. The van der Waals surface area contributed by atoms with E-state index in [1.165, 1.54) is 11.1 Å². The largest absolute Gasteiger partial charge is 0.486 e. The van der Waals surface area contributed by atoms with Gasteiger partial charge in [-0.05, 0) is 61.3 Å². The molecule has 10 heteroatoms. The smallest absolute Gasteiger partial charge is 0.414 e. The number of fused-ring (bicyclic) bond motifs is 2. The Labute approximate surface area is 268 Å². The molecule has 2 heterocycles. The minimum atomic E-state index is -1.82. The van der Waals surface area contributed by atoms with Crippen LogP contribution < -0.4 is 29.6 Å². The summed E-state index contributed by atoms with van der Waals surface area (Å²) < 4.78 is 23.2. The number of benzene rings is 4. The molecule has 10 nitrogen and oxygen atoms in total. The summed E-state index contributed by atoms with van der Waals surface area (Å²) in [5.74, 6) is -0.284. The first-order chi connectivity index (χ1) is 22.5. The van der Waals surface area contributed by atoms with Crippen molar-refractivity contribution in [2.24, 2.45) is 0 Å². The minimum absolute atomic E-state index is 0.0840. The average molecular weight is 629 g/mol. The van der Waals surface area contributed by atoms with E-state index in [0.717, 1.165) is 62.0 Å². The summed E-state index contributed by atoms with van der Waals surface area (Å²) in [4.78, 5) is 18.2. The lowest BCUT2D eigenvalue weighted by Gasteiger charge is -2.26. The lowest BCUT2D eigenvalue weighted by molar-refractivity contribution is -0.159. The molecule has 2 atom stereocenters. The number of ether oxygens (including phenoxy) is 4. The second kappa shape index (κ2) is 18.7. The lowest BCUT2D eigenvalue weighted by Crippen LogP contribution is -2.39. The van der Waals surface area contributed by atoms with Crippen molar-refractivity contribution >= 4 is 11.9 Å². The maximum atomic E-state index is 9.10. The quantitative estimate of drug-likeness (QED) is 0.147. The molecule has 0 aliphatic carbocycles. The van der Waals surface area contributed by atoms with E-state index in [4.69, 9.17) is 38.7 Å². The van der Waals surface area contributed by atoms with Gasteiger partial charge in [-0.3, -0.25) is 0 Å². The first-order valence-electron chi connectivity index (χ1n) is 15.2. The Morgan fingerprint density at radius 1 is 0.543 bits per heavy atom. The van der Waals surface area contributed by atoms with Crippen LogP contribution in [0.4, 0.5) is 0 Å². The van der Waals surface area contributed by atoms with E-state index in [2.05, 4.69) is 59.2 Å². The Balaban J connectivity index is 0.000000178. The second-order valence-corrected chi connectivity index (χ2v) is 10.5. The topological polar surface area (TPSA) is 136 Å². The number of nitrogens with one attached hydrogen (secondary N) is 2. The summed E-state index contributed by atoms with van der Waals surface area (Å²) in [6.45, 7) is 4.73. The van der Waals surface area contributed by atoms with E-state index in [1.54, 1.807) is 0 Å². The normalized spacial score (nSPS) is 15.7. The van der Waals surface area contributed by atoms with Gasteiger partial charge in [-0.1, -0.05) is 84.9 Å². The molecule has 0 aromatic heterocycles. The summed E-state index contributed by atoms with van der Waals surface area (Å²) in [7, 11) is 0. The summed E-state index contributed by atoms with van der Waals surface area (Å²) >= 11 is 0. The van der Waals surface area contributed by atoms with Gasteiger partial charge in [0.2, 0.25) is 0 Å². The fraction of sp³-hybridized carbons (Fsp3) is 0.278. The third-order valence-electron chi connectivity index (χ3n) is 6.93. The fourth-order valence-electron chi connectivity index (χ4n) is 4.61. The predicted octanol–water partition coefficient (Wildman–Crippen LogP) is 4.47. The minimum Gasteiger partial charge on any atom is -0.486 e. The van der Waals surface area contributed by atoms with Gasteiger partial charge < -0.3 is 39.8 Å². The molecule has 0 saturated heterocycles. The molecule has 0 fully saturated rings. The van der Waals surface area contributed by atoms with Crippen LogP contribution in [0.5, 0.6) is 23.0 Å². The van der Waals surface area contributed by atoms with Gasteiger partial charge in [0.05, 0.1) is 0 Å². The van der Waals surface area contributed by atoms with Crippen molar-refractivity contribution < 1.29 is 38.7 Å². The summed E-state index contributed by atoms with van der Waals surface area (Å²) in [5, 5.41) is 21.6. The highest BCUT2D eigenvalue weighted by Gasteiger charge is 2.20. The van der Waals surface area contributed by atoms with E-state index in [0.29, 0.717) is 13.2 Å². The van der Waals surface area contributed by atoms with Crippen molar-refractivity contribution in [2.75, 3.05) is 39.4 Å². The van der Waals surface area contributed by atoms with Crippen LogP contribution in [-0.2, 0) is 22.4 Å². The lowest BCUT2D eigenvalue weighted by atomic mass is 10.1. The van der Waals surface area contributed by atoms with E-state index >= 15 is 0 Å². The zero-order chi connectivity index (χ0) is 32.4. The number of rotatable bonds is 10.